The van der Waals surface area contributed by atoms with Crippen molar-refractivity contribution in [3.8, 4) is 11.5 Å². The molecular formula is C27H29BrN2O4. The van der Waals surface area contributed by atoms with Crippen LogP contribution in [0, 0.1) is 5.92 Å². The fraction of sp³-hybridized carbons (Fsp3) is 0.259. The fourth-order valence-corrected chi connectivity index (χ4v) is 3.55. The molecule has 0 bridgehead atoms. The summed E-state index contributed by atoms with van der Waals surface area (Å²) in [5.74, 6) is 1.03. The lowest BCUT2D eigenvalue weighted by atomic mass is 10.1. The maximum Gasteiger partial charge on any atom is 0.259 e. The minimum absolute atomic E-state index is 0.331. The van der Waals surface area contributed by atoms with Crippen LogP contribution in [0.5, 0.6) is 11.5 Å². The zero-order chi connectivity index (χ0) is 24.5. The van der Waals surface area contributed by atoms with Gasteiger partial charge in [0.2, 0.25) is 0 Å². The number of hydrogen-bond acceptors (Lipinski definition) is 4. The molecule has 2 amide bonds. The molecular weight excluding hydrogens is 496 g/mol. The molecule has 6 nitrogen and oxygen atoms in total. The van der Waals surface area contributed by atoms with Crippen LogP contribution in [0.25, 0.3) is 0 Å². The maximum atomic E-state index is 13.2. The number of halogens is 1. The second-order valence-electron chi connectivity index (χ2n) is 8.08. The van der Waals surface area contributed by atoms with Gasteiger partial charge in [-0.15, -0.1) is 0 Å². The van der Waals surface area contributed by atoms with E-state index in [1.54, 1.807) is 60.7 Å². The zero-order valence-corrected chi connectivity index (χ0v) is 21.1. The van der Waals surface area contributed by atoms with Gasteiger partial charge in [0.05, 0.1) is 30.0 Å². The van der Waals surface area contributed by atoms with Crippen LogP contribution in [0.2, 0.25) is 0 Å². The van der Waals surface area contributed by atoms with E-state index in [-0.39, 0.29) is 11.8 Å². The first-order valence-electron chi connectivity index (χ1n) is 11.2. The van der Waals surface area contributed by atoms with Crippen molar-refractivity contribution in [1.82, 2.24) is 0 Å². The summed E-state index contributed by atoms with van der Waals surface area (Å²) in [6.45, 7) is 7.24. The van der Waals surface area contributed by atoms with Crippen molar-refractivity contribution in [2.24, 2.45) is 5.92 Å². The van der Waals surface area contributed by atoms with E-state index in [2.05, 4.69) is 40.4 Å². The van der Waals surface area contributed by atoms with Gasteiger partial charge < -0.3 is 20.1 Å². The third-order valence-corrected chi connectivity index (χ3v) is 5.48. The van der Waals surface area contributed by atoms with Gasteiger partial charge in [0.1, 0.15) is 11.5 Å². The molecule has 0 aliphatic heterocycles. The molecule has 7 heteroatoms. The van der Waals surface area contributed by atoms with Gasteiger partial charge in [0, 0.05) is 10.2 Å². The van der Waals surface area contributed by atoms with Crippen LogP contribution >= 0.6 is 15.9 Å². The normalized spacial score (nSPS) is 10.6. The minimum atomic E-state index is -0.359. The fourth-order valence-electron chi connectivity index (χ4n) is 3.19. The number of hydrogen-bond donors (Lipinski definition) is 2. The Balaban J connectivity index is 1.76. The highest BCUT2D eigenvalue weighted by Gasteiger charge is 2.18. The third kappa shape index (κ3) is 7.09. The SMILES string of the molecule is CCOc1ccc(NC(=O)c2ccccc2NC(=O)c2cc(Br)ccc2OCCC(C)C)cc1. The summed E-state index contributed by atoms with van der Waals surface area (Å²) in [6.07, 6.45) is 0.881. The number of para-hydroxylation sites is 1. The predicted molar refractivity (Wildman–Crippen MR) is 139 cm³/mol. The first kappa shape index (κ1) is 25.3. The van der Waals surface area contributed by atoms with E-state index in [0.29, 0.717) is 47.4 Å². The first-order chi connectivity index (χ1) is 16.4. The first-order valence-corrected chi connectivity index (χ1v) is 12.0. The molecule has 178 valence electrons. The van der Waals surface area contributed by atoms with Crippen molar-refractivity contribution < 1.29 is 19.1 Å². The van der Waals surface area contributed by atoms with Crippen molar-refractivity contribution in [1.29, 1.82) is 0 Å². The van der Waals surface area contributed by atoms with Gasteiger partial charge in [-0.2, -0.15) is 0 Å². The van der Waals surface area contributed by atoms with Crippen LogP contribution in [0.4, 0.5) is 11.4 Å². The number of carbonyl (C=O) groups excluding carboxylic acids is 2. The van der Waals surface area contributed by atoms with Gasteiger partial charge in [-0.25, -0.2) is 0 Å². The van der Waals surface area contributed by atoms with E-state index < -0.39 is 0 Å². The Bertz CT molecular complexity index is 1130. The second kappa shape index (κ2) is 12.2. The van der Waals surface area contributed by atoms with Gasteiger partial charge in [0.15, 0.2) is 0 Å². The molecule has 0 saturated heterocycles. The molecule has 0 aliphatic carbocycles. The molecule has 0 aliphatic rings. The van der Waals surface area contributed by atoms with Crippen molar-refractivity contribution >= 4 is 39.1 Å². The average Bonchev–Trinajstić information content (AvgIpc) is 2.81. The minimum Gasteiger partial charge on any atom is -0.494 e. The van der Waals surface area contributed by atoms with Crippen LogP contribution in [0.3, 0.4) is 0 Å². The molecule has 3 aromatic carbocycles. The Labute approximate surface area is 208 Å². The van der Waals surface area contributed by atoms with Gasteiger partial charge in [0.25, 0.3) is 11.8 Å². The van der Waals surface area contributed by atoms with Gasteiger partial charge in [-0.1, -0.05) is 41.9 Å². The standard InChI is InChI=1S/C27H29BrN2O4/c1-4-33-21-12-10-20(11-13-21)29-26(31)22-7-5-6-8-24(22)30-27(32)23-17-19(28)9-14-25(23)34-16-15-18(2)3/h5-14,17-18H,4,15-16H2,1-3H3,(H,29,31)(H,30,32). The van der Waals surface area contributed by atoms with Crippen LogP contribution < -0.4 is 20.1 Å². The summed E-state index contributed by atoms with van der Waals surface area (Å²) >= 11 is 3.42. The molecule has 3 aromatic rings. The smallest absolute Gasteiger partial charge is 0.259 e. The predicted octanol–water partition coefficient (Wildman–Crippen LogP) is 6.78. The van der Waals surface area contributed by atoms with E-state index >= 15 is 0 Å². The average molecular weight is 525 g/mol. The number of rotatable bonds is 10. The summed E-state index contributed by atoms with van der Waals surface area (Å²) in [6, 6.07) is 19.3. The molecule has 0 heterocycles. The summed E-state index contributed by atoms with van der Waals surface area (Å²) < 4.78 is 12.1. The zero-order valence-electron chi connectivity index (χ0n) is 19.6. The van der Waals surface area contributed by atoms with Crippen LogP contribution in [0.1, 0.15) is 47.9 Å². The maximum absolute atomic E-state index is 13.2. The van der Waals surface area contributed by atoms with Gasteiger partial charge in [-0.3, -0.25) is 9.59 Å². The number of nitrogens with one attached hydrogen (secondary N) is 2. The van der Waals surface area contributed by atoms with E-state index in [1.807, 2.05) is 13.0 Å². The molecule has 0 spiro atoms. The van der Waals surface area contributed by atoms with Crippen molar-refractivity contribution in [2.45, 2.75) is 27.2 Å². The third-order valence-electron chi connectivity index (χ3n) is 4.98. The molecule has 3 rings (SSSR count). The lowest BCUT2D eigenvalue weighted by Gasteiger charge is -2.15. The Morgan fingerprint density at radius 1 is 0.882 bits per heavy atom. The number of benzene rings is 3. The second-order valence-corrected chi connectivity index (χ2v) is 9.00. The molecule has 0 saturated carbocycles. The number of amides is 2. The molecule has 0 aromatic heterocycles. The number of anilines is 2. The Hall–Kier alpha value is -3.32. The summed E-state index contributed by atoms with van der Waals surface area (Å²) in [4.78, 5) is 26.1. The molecule has 0 fully saturated rings. The van der Waals surface area contributed by atoms with E-state index in [9.17, 15) is 9.59 Å². The largest absolute Gasteiger partial charge is 0.494 e. The summed E-state index contributed by atoms with van der Waals surface area (Å²) in [7, 11) is 0. The van der Waals surface area contributed by atoms with E-state index in [0.717, 1.165) is 16.6 Å². The summed E-state index contributed by atoms with van der Waals surface area (Å²) in [5, 5.41) is 5.73. The van der Waals surface area contributed by atoms with E-state index in [1.165, 1.54) is 0 Å². The van der Waals surface area contributed by atoms with Crippen LogP contribution in [-0.2, 0) is 0 Å². The monoisotopic (exact) mass is 524 g/mol. The highest BCUT2D eigenvalue weighted by Crippen LogP contribution is 2.26. The molecule has 34 heavy (non-hydrogen) atoms. The van der Waals surface area contributed by atoms with E-state index in [4.69, 9.17) is 9.47 Å². The van der Waals surface area contributed by atoms with Gasteiger partial charge >= 0.3 is 0 Å². The number of ether oxygens (including phenoxy) is 2. The van der Waals surface area contributed by atoms with Crippen LogP contribution in [-0.4, -0.2) is 25.0 Å². The summed E-state index contributed by atoms with van der Waals surface area (Å²) in [5.41, 5.74) is 1.77. The Morgan fingerprint density at radius 3 is 2.29 bits per heavy atom. The topological polar surface area (TPSA) is 76.7 Å². The molecule has 0 unspecified atom stereocenters. The highest BCUT2D eigenvalue weighted by molar-refractivity contribution is 9.10. The molecule has 2 N–H and O–H groups in total. The Kier molecular flexibility index (Phi) is 9.10. The number of carbonyl (C=O) groups is 2. The quantitative estimate of drug-likeness (QED) is 0.306. The lowest BCUT2D eigenvalue weighted by molar-refractivity contribution is 0.102. The van der Waals surface area contributed by atoms with Crippen LogP contribution in [0.15, 0.2) is 71.2 Å². The lowest BCUT2D eigenvalue weighted by Crippen LogP contribution is -2.19. The highest BCUT2D eigenvalue weighted by atomic mass is 79.9. The van der Waals surface area contributed by atoms with Crippen molar-refractivity contribution in [3.05, 3.63) is 82.3 Å². The molecule has 0 radical (unpaired) electrons. The Morgan fingerprint density at radius 2 is 1.59 bits per heavy atom. The van der Waals surface area contributed by atoms with Gasteiger partial charge in [-0.05, 0) is 73.9 Å². The van der Waals surface area contributed by atoms with Crippen molar-refractivity contribution in [3.63, 3.8) is 0 Å². The molecule has 0 atom stereocenters. The van der Waals surface area contributed by atoms with Crippen molar-refractivity contribution in [2.75, 3.05) is 23.8 Å².